The molecule has 9 nitrogen and oxygen atoms in total. The zero-order valence-electron chi connectivity index (χ0n) is 16.9. The van der Waals surface area contributed by atoms with Gasteiger partial charge in [0.05, 0.1) is 21.3 Å². The summed E-state index contributed by atoms with van der Waals surface area (Å²) in [6.45, 7) is 0.0993. The van der Waals surface area contributed by atoms with Gasteiger partial charge in [0.25, 0.3) is 11.8 Å². The lowest BCUT2D eigenvalue weighted by molar-refractivity contribution is -0.124. The van der Waals surface area contributed by atoms with E-state index in [9.17, 15) is 9.59 Å². The van der Waals surface area contributed by atoms with E-state index < -0.39 is 5.91 Å². The minimum Gasteiger partial charge on any atom is -0.493 e. The van der Waals surface area contributed by atoms with Crippen LogP contribution in [0.15, 0.2) is 42.5 Å². The van der Waals surface area contributed by atoms with Crippen LogP contribution < -0.4 is 29.7 Å². The predicted octanol–water partition coefficient (Wildman–Crippen LogP) is 1.93. The van der Waals surface area contributed by atoms with Crippen molar-refractivity contribution in [1.82, 2.24) is 10.8 Å². The number of hydrogen-bond acceptors (Lipinski definition) is 7. The number of hydroxylamine groups is 1. The molecule has 2 aromatic carbocycles. The molecule has 0 fully saturated rings. The van der Waals surface area contributed by atoms with Crippen molar-refractivity contribution in [2.45, 2.75) is 6.54 Å². The van der Waals surface area contributed by atoms with Crippen LogP contribution in [0.5, 0.6) is 23.0 Å². The third-order valence-electron chi connectivity index (χ3n) is 4.00. The summed E-state index contributed by atoms with van der Waals surface area (Å²) in [5.41, 5.74) is 3.02. The lowest BCUT2D eigenvalue weighted by Gasteiger charge is -2.14. The molecule has 9 heteroatoms. The van der Waals surface area contributed by atoms with Crippen LogP contribution in [0.2, 0.25) is 0 Å². The molecule has 30 heavy (non-hydrogen) atoms. The Hall–Kier alpha value is -3.72. The van der Waals surface area contributed by atoms with Gasteiger partial charge in [-0.2, -0.15) is 0 Å². The lowest BCUT2D eigenvalue weighted by atomic mass is 10.1. The first kappa shape index (κ1) is 22.6. The number of ether oxygens (including phenoxy) is 4. The summed E-state index contributed by atoms with van der Waals surface area (Å²) in [6.07, 6.45) is 2.71. The standard InChI is InChI=1S/C21H24N2O7/c1-27-17-10-15(11-18(28-2)21(17)29-3)12-22-20(25)13-30-16-7-4-14(5-8-16)6-9-19(24)23-26/h4-11,26H,12-13H2,1-3H3,(H,22,25)(H,23,24)/b9-6+. The molecule has 0 unspecified atom stereocenters. The van der Waals surface area contributed by atoms with Gasteiger partial charge in [-0.1, -0.05) is 12.1 Å². The average molecular weight is 416 g/mol. The third-order valence-corrected chi connectivity index (χ3v) is 4.00. The fourth-order valence-corrected chi connectivity index (χ4v) is 2.52. The zero-order chi connectivity index (χ0) is 21.9. The molecule has 0 aliphatic heterocycles. The normalized spacial score (nSPS) is 10.4. The van der Waals surface area contributed by atoms with E-state index in [0.717, 1.165) is 11.1 Å². The number of rotatable bonds is 10. The van der Waals surface area contributed by atoms with Crippen LogP contribution in [0.3, 0.4) is 0 Å². The van der Waals surface area contributed by atoms with Gasteiger partial charge in [-0.05, 0) is 41.5 Å². The van der Waals surface area contributed by atoms with Crippen LogP contribution in [0.4, 0.5) is 0 Å². The first-order valence-electron chi connectivity index (χ1n) is 8.91. The second kappa shape index (κ2) is 11.3. The van der Waals surface area contributed by atoms with E-state index in [4.69, 9.17) is 24.2 Å². The van der Waals surface area contributed by atoms with Gasteiger partial charge < -0.3 is 24.3 Å². The molecule has 3 N–H and O–H groups in total. The molecular weight excluding hydrogens is 392 g/mol. The van der Waals surface area contributed by atoms with E-state index in [1.54, 1.807) is 36.4 Å². The molecule has 2 amide bonds. The summed E-state index contributed by atoms with van der Waals surface area (Å²) >= 11 is 0. The van der Waals surface area contributed by atoms with Crippen LogP contribution in [-0.4, -0.2) is 45.0 Å². The number of nitrogens with one attached hydrogen (secondary N) is 2. The maximum absolute atomic E-state index is 12.1. The van der Waals surface area contributed by atoms with Crippen LogP contribution in [-0.2, 0) is 16.1 Å². The van der Waals surface area contributed by atoms with Crippen LogP contribution in [0, 0.1) is 0 Å². The molecule has 0 radical (unpaired) electrons. The molecule has 160 valence electrons. The quantitative estimate of drug-likeness (QED) is 0.308. The Labute approximate surface area is 174 Å². The summed E-state index contributed by atoms with van der Waals surface area (Å²) < 4.78 is 21.3. The molecule has 0 aliphatic carbocycles. The molecular formula is C21H24N2O7. The molecule has 2 rings (SSSR count). The molecule has 0 saturated carbocycles. The van der Waals surface area contributed by atoms with Crippen molar-refractivity contribution in [2.75, 3.05) is 27.9 Å². The minimum absolute atomic E-state index is 0.160. The van der Waals surface area contributed by atoms with Crippen molar-refractivity contribution in [3.8, 4) is 23.0 Å². The second-order valence-electron chi connectivity index (χ2n) is 5.98. The van der Waals surface area contributed by atoms with Crippen molar-refractivity contribution < 1.29 is 33.7 Å². The van der Waals surface area contributed by atoms with Gasteiger partial charge in [-0.25, -0.2) is 5.48 Å². The number of benzene rings is 2. The van der Waals surface area contributed by atoms with Gasteiger partial charge in [0, 0.05) is 12.6 Å². The van der Waals surface area contributed by atoms with Crippen molar-refractivity contribution in [2.24, 2.45) is 0 Å². The van der Waals surface area contributed by atoms with Gasteiger partial charge in [0.1, 0.15) is 5.75 Å². The fourth-order valence-electron chi connectivity index (χ4n) is 2.52. The van der Waals surface area contributed by atoms with Gasteiger partial charge in [-0.15, -0.1) is 0 Å². The molecule has 0 heterocycles. The molecule has 0 saturated heterocycles. The number of amides is 2. The molecule has 0 aliphatic rings. The Morgan fingerprint density at radius 1 is 1.00 bits per heavy atom. The SMILES string of the molecule is COc1cc(CNC(=O)COc2ccc(/C=C/C(=O)NO)cc2)cc(OC)c1OC. The second-order valence-corrected chi connectivity index (χ2v) is 5.98. The Morgan fingerprint density at radius 2 is 1.63 bits per heavy atom. The van der Waals surface area contributed by atoms with Gasteiger partial charge >= 0.3 is 0 Å². The number of methoxy groups -OCH3 is 3. The number of carbonyl (C=O) groups excluding carboxylic acids is 2. The summed E-state index contributed by atoms with van der Waals surface area (Å²) in [6, 6.07) is 10.3. The molecule has 0 atom stereocenters. The predicted molar refractivity (Wildman–Crippen MR) is 109 cm³/mol. The number of carbonyl (C=O) groups is 2. The van der Waals surface area contributed by atoms with Crippen molar-refractivity contribution in [3.63, 3.8) is 0 Å². The Bertz CT molecular complexity index is 870. The van der Waals surface area contributed by atoms with E-state index in [1.165, 1.54) is 39.0 Å². The molecule has 0 aromatic heterocycles. The van der Waals surface area contributed by atoms with Gasteiger partial charge in [0.15, 0.2) is 18.1 Å². The molecule has 2 aromatic rings. The Kier molecular flexibility index (Phi) is 8.52. The highest BCUT2D eigenvalue weighted by Crippen LogP contribution is 2.38. The monoisotopic (exact) mass is 416 g/mol. The minimum atomic E-state index is -0.626. The summed E-state index contributed by atoms with van der Waals surface area (Å²) in [7, 11) is 4.57. The topological polar surface area (TPSA) is 115 Å². The van der Waals surface area contributed by atoms with E-state index in [0.29, 0.717) is 23.0 Å². The maximum Gasteiger partial charge on any atom is 0.267 e. The average Bonchev–Trinajstić information content (AvgIpc) is 2.79. The van der Waals surface area contributed by atoms with E-state index >= 15 is 0 Å². The lowest BCUT2D eigenvalue weighted by Crippen LogP contribution is -2.28. The molecule has 0 spiro atoms. The van der Waals surface area contributed by atoms with Crippen molar-refractivity contribution >= 4 is 17.9 Å². The molecule has 0 bridgehead atoms. The largest absolute Gasteiger partial charge is 0.493 e. The Morgan fingerprint density at radius 3 is 2.17 bits per heavy atom. The first-order chi connectivity index (χ1) is 14.5. The van der Waals surface area contributed by atoms with Gasteiger partial charge in [0.2, 0.25) is 5.75 Å². The van der Waals surface area contributed by atoms with Crippen molar-refractivity contribution in [3.05, 3.63) is 53.6 Å². The van der Waals surface area contributed by atoms with Crippen molar-refractivity contribution in [1.29, 1.82) is 0 Å². The Balaban J connectivity index is 1.88. The van der Waals surface area contributed by atoms with Crippen LogP contribution in [0.1, 0.15) is 11.1 Å². The van der Waals surface area contributed by atoms with Crippen LogP contribution >= 0.6 is 0 Å². The van der Waals surface area contributed by atoms with Crippen LogP contribution in [0.25, 0.3) is 6.08 Å². The highest BCUT2D eigenvalue weighted by atomic mass is 16.5. The third kappa shape index (κ3) is 6.42. The highest BCUT2D eigenvalue weighted by molar-refractivity contribution is 5.90. The van der Waals surface area contributed by atoms with E-state index in [-0.39, 0.29) is 19.1 Å². The first-order valence-corrected chi connectivity index (χ1v) is 8.91. The summed E-state index contributed by atoms with van der Waals surface area (Å²) in [5, 5.41) is 11.2. The van der Waals surface area contributed by atoms with E-state index in [2.05, 4.69) is 5.32 Å². The fraction of sp³-hybridized carbons (Fsp3) is 0.238. The maximum atomic E-state index is 12.1. The number of hydrogen-bond donors (Lipinski definition) is 3. The summed E-state index contributed by atoms with van der Waals surface area (Å²) in [5.74, 6) is 1.06. The van der Waals surface area contributed by atoms with Gasteiger partial charge in [-0.3, -0.25) is 14.8 Å². The highest BCUT2D eigenvalue weighted by Gasteiger charge is 2.13. The van der Waals surface area contributed by atoms with E-state index in [1.807, 2.05) is 0 Å². The summed E-state index contributed by atoms with van der Waals surface area (Å²) in [4.78, 5) is 23.1. The smallest absolute Gasteiger partial charge is 0.267 e. The zero-order valence-corrected chi connectivity index (χ0v) is 16.9.